The number of hydrogen-bond acceptors (Lipinski definition) is 8. The van der Waals surface area contributed by atoms with Crippen molar-refractivity contribution in [2.45, 2.75) is 58.5 Å². The fraction of sp³-hybridized carbons (Fsp3) is 0.567. The van der Waals surface area contributed by atoms with Gasteiger partial charge in [-0.2, -0.15) is 4.98 Å². The minimum absolute atomic E-state index is 0.0468. The molecule has 4 aliphatic rings. The number of rotatable bonds is 6. The third-order valence-corrected chi connectivity index (χ3v) is 8.96. The lowest BCUT2D eigenvalue weighted by Gasteiger charge is -2.42. The monoisotopic (exact) mass is 545 g/mol. The molecule has 2 aromatic rings. The molecule has 3 unspecified atom stereocenters. The van der Waals surface area contributed by atoms with Crippen LogP contribution in [0.1, 0.15) is 56.0 Å². The van der Waals surface area contributed by atoms with Gasteiger partial charge in [-0.15, -0.1) is 0 Å². The average Bonchev–Trinajstić information content (AvgIpc) is 3.64. The smallest absolute Gasteiger partial charge is 0.277 e. The molecule has 10 nitrogen and oxygen atoms in total. The Bertz CT molecular complexity index is 1350. The highest BCUT2D eigenvalue weighted by atomic mass is 16.5. The molecule has 1 saturated carbocycles. The molecule has 3 atom stereocenters. The van der Waals surface area contributed by atoms with Gasteiger partial charge in [-0.05, 0) is 70.0 Å². The number of hydrogen-bond donors (Lipinski definition) is 1. The number of nitrogens with one attached hydrogen (secondary N) is 1. The molecule has 2 amide bonds. The molecule has 1 aromatic heterocycles. The van der Waals surface area contributed by atoms with Gasteiger partial charge in [-0.3, -0.25) is 9.59 Å². The van der Waals surface area contributed by atoms with E-state index in [-0.39, 0.29) is 23.9 Å². The molecule has 1 saturated heterocycles. The Morgan fingerprint density at radius 3 is 2.67 bits per heavy atom. The van der Waals surface area contributed by atoms with Crippen molar-refractivity contribution in [1.29, 1.82) is 0 Å². The first-order valence-corrected chi connectivity index (χ1v) is 14.5. The van der Waals surface area contributed by atoms with Gasteiger partial charge >= 0.3 is 0 Å². The van der Waals surface area contributed by atoms with Crippen LogP contribution in [0.3, 0.4) is 0 Å². The molecule has 6 rings (SSSR count). The average molecular weight is 546 g/mol. The molecule has 1 aromatic carbocycles. The van der Waals surface area contributed by atoms with Gasteiger partial charge in [0.25, 0.3) is 5.91 Å². The first kappa shape index (κ1) is 26.7. The normalized spacial score (nSPS) is 25.9. The molecule has 0 spiro atoms. The summed E-state index contributed by atoms with van der Waals surface area (Å²) in [7, 11) is 3.96. The first-order valence-electron chi connectivity index (χ1n) is 14.5. The number of aliphatic imine (C=N–C) groups is 1. The number of likely N-dealkylation sites (N-methyl/N-ethyl adjacent to an activating group) is 1. The molecule has 0 radical (unpaired) electrons. The molecule has 2 fully saturated rings. The second-order valence-electron chi connectivity index (χ2n) is 12.0. The van der Waals surface area contributed by atoms with Crippen LogP contribution in [0.4, 0.5) is 23.1 Å². The minimum atomic E-state index is -0.274. The maximum Gasteiger partial charge on any atom is 0.277 e. The number of benzene rings is 1. The zero-order valence-corrected chi connectivity index (χ0v) is 24.1. The van der Waals surface area contributed by atoms with E-state index in [4.69, 9.17) is 9.72 Å². The Morgan fingerprint density at radius 2 is 1.98 bits per heavy atom. The Balaban J connectivity index is 1.22. The molecule has 10 heteroatoms. The number of carbonyl (C=O) groups is 2. The molecule has 0 bridgehead atoms. The standard InChI is InChI=1S/C30H39N7O3/c1-6-24-29(39)36(5)25-14-32-30(34-27(25)37(24)17(2)3)33-23-8-7-22(21-9-10-40-26(21)23)28(38)31-13-18-11-19-15-35(4)16-20(19)12-18/h7-8,13-14,17-20,24H,6,9-12,15-16H2,1-5H3,(H,32,33,34). The number of likely N-dealkylation sites (tertiary alicyclic amines) is 1. The van der Waals surface area contributed by atoms with E-state index >= 15 is 0 Å². The number of carbonyl (C=O) groups excluding carboxylic acids is 2. The summed E-state index contributed by atoms with van der Waals surface area (Å²) in [5.74, 6) is 3.46. The third kappa shape index (κ3) is 4.62. The Kier molecular flexibility index (Phi) is 6.98. The van der Waals surface area contributed by atoms with Crippen LogP contribution in [-0.2, 0) is 11.2 Å². The predicted molar refractivity (Wildman–Crippen MR) is 156 cm³/mol. The van der Waals surface area contributed by atoms with Crippen molar-refractivity contribution >= 4 is 41.2 Å². The third-order valence-electron chi connectivity index (χ3n) is 8.96. The molecule has 3 aliphatic heterocycles. The van der Waals surface area contributed by atoms with Gasteiger partial charge in [-0.1, -0.05) is 6.92 Å². The summed E-state index contributed by atoms with van der Waals surface area (Å²) in [5, 5.41) is 3.31. The Morgan fingerprint density at radius 1 is 1.23 bits per heavy atom. The summed E-state index contributed by atoms with van der Waals surface area (Å²) in [6.45, 7) is 8.96. The maximum absolute atomic E-state index is 13.2. The molecule has 1 N–H and O–H groups in total. The highest BCUT2D eigenvalue weighted by Crippen LogP contribution is 2.42. The van der Waals surface area contributed by atoms with E-state index in [2.05, 4.69) is 46.0 Å². The number of aromatic nitrogens is 2. The van der Waals surface area contributed by atoms with E-state index in [9.17, 15) is 9.59 Å². The van der Waals surface area contributed by atoms with Crippen LogP contribution in [0.25, 0.3) is 0 Å². The highest BCUT2D eigenvalue weighted by Gasteiger charge is 2.40. The van der Waals surface area contributed by atoms with Crippen LogP contribution in [-0.4, -0.2) is 78.8 Å². The van der Waals surface area contributed by atoms with Crippen molar-refractivity contribution in [2.75, 3.05) is 48.9 Å². The molecular weight excluding hydrogens is 506 g/mol. The summed E-state index contributed by atoms with van der Waals surface area (Å²) in [6.07, 6.45) is 7.15. The predicted octanol–water partition coefficient (Wildman–Crippen LogP) is 3.92. The van der Waals surface area contributed by atoms with Crippen molar-refractivity contribution in [3.8, 4) is 5.75 Å². The van der Waals surface area contributed by atoms with Crippen LogP contribution in [0.15, 0.2) is 23.3 Å². The fourth-order valence-corrected chi connectivity index (χ4v) is 7.10. The second kappa shape index (κ2) is 10.5. The molecule has 4 heterocycles. The van der Waals surface area contributed by atoms with Crippen molar-refractivity contribution < 1.29 is 14.3 Å². The minimum Gasteiger partial charge on any atom is -0.491 e. The van der Waals surface area contributed by atoms with Crippen molar-refractivity contribution in [3.63, 3.8) is 0 Å². The Hall–Kier alpha value is -3.53. The lowest BCUT2D eigenvalue weighted by Crippen LogP contribution is -2.54. The van der Waals surface area contributed by atoms with Gasteiger partial charge in [0, 0.05) is 49.9 Å². The van der Waals surface area contributed by atoms with E-state index in [0.717, 1.165) is 49.1 Å². The number of amides is 2. The van der Waals surface area contributed by atoms with Crippen molar-refractivity contribution in [1.82, 2.24) is 14.9 Å². The molecular formula is C30H39N7O3. The van der Waals surface area contributed by atoms with Crippen LogP contribution in [0, 0.1) is 17.8 Å². The largest absolute Gasteiger partial charge is 0.491 e. The zero-order valence-electron chi connectivity index (χ0n) is 24.1. The number of ether oxygens (including phenoxy) is 1. The topological polar surface area (TPSA) is 103 Å². The highest BCUT2D eigenvalue weighted by molar-refractivity contribution is 6.04. The van der Waals surface area contributed by atoms with Crippen molar-refractivity contribution in [3.05, 3.63) is 29.5 Å². The van der Waals surface area contributed by atoms with Gasteiger partial charge in [0.2, 0.25) is 11.9 Å². The number of fused-ring (bicyclic) bond motifs is 3. The summed E-state index contributed by atoms with van der Waals surface area (Å²) in [6, 6.07) is 3.49. The summed E-state index contributed by atoms with van der Waals surface area (Å²) >= 11 is 0. The Labute approximate surface area is 235 Å². The zero-order chi connectivity index (χ0) is 28.1. The van der Waals surface area contributed by atoms with E-state index in [1.54, 1.807) is 18.1 Å². The summed E-state index contributed by atoms with van der Waals surface area (Å²) < 4.78 is 5.98. The second-order valence-corrected chi connectivity index (χ2v) is 12.0. The van der Waals surface area contributed by atoms with E-state index in [0.29, 0.717) is 54.0 Å². The van der Waals surface area contributed by atoms with E-state index in [1.165, 1.54) is 0 Å². The lowest BCUT2D eigenvalue weighted by molar-refractivity contribution is -0.120. The van der Waals surface area contributed by atoms with Gasteiger partial charge in [0.15, 0.2) is 5.82 Å². The summed E-state index contributed by atoms with van der Waals surface area (Å²) in [4.78, 5) is 46.0. The lowest BCUT2D eigenvalue weighted by atomic mass is 10.0. The molecule has 212 valence electrons. The van der Waals surface area contributed by atoms with Crippen LogP contribution in [0.5, 0.6) is 5.75 Å². The fourth-order valence-electron chi connectivity index (χ4n) is 7.10. The number of anilines is 4. The SMILES string of the molecule is CCC1C(=O)N(C)c2cnc(Nc3ccc(C(=O)N=CC4CC5CN(C)CC5C4)c4c3OCC4)nc2N1C(C)C. The van der Waals surface area contributed by atoms with Crippen LogP contribution in [0.2, 0.25) is 0 Å². The first-order chi connectivity index (χ1) is 19.2. The quantitative estimate of drug-likeness (QED) is 0.545. The van der Waals surface area contributed by atoms with Gasteiger partial charge in [0.05, 0.1) is 18.5 Å². The summed E-state index contributed by atoms with van der Waals surface area (Å²) in [5.41, 5.74) is 2.86. The van der Waals surface area contributed by atoms with Crippen LogP contribution >= 0.6 is 0 Å². The van der Waals surface area contributed by atoms with Crippen molar-refractivity contribution in [2.24, 2.45) is 22.7 Å². The van der Waals surface area contributed by atoms with Gasteiger partial charge in [-0.25, -0.2) is 9.98 Å². The van der Waals surface area contributed by atoms with Gasteiger partial charge < -0.3 is 24.8 Å². The van der Waals surface area contributed by atoms with Gasteiger partial charge in [0.1, 0.15) is 17.5 Å². The maximum atomic E-state index is 13.2. The molecule has 1 aliphatic carbocycles. The molecule has 40 heavy (non-hydrogen) atoms. The van der Waals surface area contributed by atoms with E-state index < -0.39 is 0 Å². The van der Waals surface area contributed by atoms with E-state index in [1.807, 2.05) is 25.3 Å². The van der Waals surface area contributed by atoms with Crippen LogP contribution < -0.4 is 19.9 Å². The number of nitrogens with zero attached hydrogens (tertiary/aromatic N) is 6.